The zero-order valence-electron chi connectivity index (χ0n) is 14.5. The van der Waals surface area contributed by atoms with Crippen LogP contribution in [0, 0.1) is 10.1 Å². The van der Waals surface area contributed by atoms with Crippen molar-refractivity contribution in [3.05, 3.63) is 69.9 Å². The molecular formula is C19H19NO6. The number of hydrogen-bond acceptors (Lipinski definition) is 6. The molecule has 0 atom stereocenters. The van der Waals surface area contributed by atoms with Gasteiger partial charge in [-0.1, -0.05) is 25.1 Å². The quantitative estimate of drug-likeness (QED) is 0.311. The molecule has 26 heavy (non-hydrogen) atoms. The minimum absolute atomic E-state index is 0.210. The second kappa shape index (κ2) is 9.22. The molecule has 0 fully saturated rings. The first kappa shape index (κ1) is 19.0. The monoisotopic (exact) mass is 357 g/mol. The van der Waals surface area contributed by atoms with Crippen molar-refractivity contribution in [2.75, 3.05) is 13.7 Å². The Labute approximate surface area is 151 Å². The summed E-state index contributed by atoms with van der Waals surface area (Å²) < 4.78 is 15.9. The summed E-state index contributed by atoms with van der Waals surface area (Å²) in [6.45, 7) is 1.78. The molecule has 7 nitrogen and oxygen atoms in total. The molecule has 0 unspecified atom stereocenters. The van der Waals surface area contributed by atoms with Crippen LogP contribution in [0.15, 0.2) is 48.7 Å². The van der Waals surface area contributed by atoms with Crippen LogP contribution in [0.3, 0.4) is 0 Å². The van der Waals surface area contributed by atoms with E-state index in [1.54, 1.807) is 12.1 Å². The van der Waals surface area contributed by atoms with Crippen LogP contribution in [0.25, 0.3) is 6.08 Å². The van der Waals surface area contributed by atoms with Crippen molar-refractivity contribution in [2.45, 2.75) is 13.3 Å². The Bertz CT molecular complexity index is 815. The average molecular weight is 357 g/mol. The first-order valence-electron chi connectivity index (χ1n) is 7.94. The van der Waals surface area contributed by atoms with Crippen LogP contribution in [0.4, 0.5) is 0 Å². The van der Waals surface area contributed by atoms with Crippen molar-refractivity contribution in [3.8, 4) is 17.2 Å². The van der Waals surface area contributed by atoms with Gasteiger partial charge in [-0.2, -0.15) is 0 Å². The van der Waals surface area contributed by atoms with Gasteiger partial charge in [0.05, 0.1) is 12.0 Å². The highest BCUT2D eigenvalue weighted by Crippen LogP contribution is 2.28. The molecule has 0 bridgehead atoms. The summed E-state index contributed by atoms with van der Waals surface area (Å²) in [4.78, 5) is 21.8. The van der Waals surface area contributed by atoms with E-state index in [1.807, 2.05) is 25.1 Å². The Hall–Kier alpha value is -3.35. The minimum atomic E-state index is -0.584. The van der Waals surface area contributed by atoms with Gasteiger partial charge < -0.3 is 14.2 Å². The van der Waals surface area contributed by atoms with Gasteiger partial charge in [-0.05, 0) is 41.8 Å². The van der Waals surface area contributed by atoms with E-state index in [1.165, 1.54) is 25.3 Å². The molecule has 0 aliphatic carbocycles. The van der Waals surface area contributed by atoms with Crippen LogP contribution >= 0.6 is 0 Å². The fraction of sp³-hybridized carbons (Fsp3) is 0.211. The lowest BCUT2D eigenvalue weighted by Crippen LogP contribution is -2.18. The number of carbonyl (C=O) groups excluding carboxylic acids is 1. The van der Waals surface area contributed by atoms with Crippen molar-refractivity contribution in [1.82, 2.24) is 0 Å². The third-order valence-electron chi connectivity index (χ3n) is 3.46. The first-order valence-corrected chi connectivity index (χ1v) is 7.94. The van der Waals surface area contributed by atoms with E-state index < -0.39 is 10.9 Å². The topological polar surface area (TPSA) is 87.9 Å². The largest absolute Gasteiger partial charge is 0.493 e. The van der Waals surface area contributed by atoms with Gasteiger partial charge in [-0.25, -0.2) is 4.79 Å². The second-order valence-corrected chi connectivity index (χ2v) is 5.28. The fourth-order valence-electron chi connectivity index (χ4n) is 2.17. The normalized spacial score (nSPS) is 10.5. The molecule has 0 saturated heterocycles. The lowest BCUT2D eigenvalue weighted by Gasteiger charge is -2.11. The summed E-state index contributed by atoms with van der Waals surface area (Å²) >= 11 is 0. The molecule has 0 N–H and O–H groups in total. The van der Waals surface area contributed by atoms with E-state index in [-0.39, 0.29) is 18.1 Å². The maximum absolute atomic E-state index is 12.0. The average Bonchev–Trinajstić information content (AvgIpc) is 2.65. The van der Waals surface area contributed by atoms with Gasteiger partial charge in [0.1, 0.15) is 5.75 Å². The third-order valence-corrected chi connectivity index (χ3v) is 3.46. The van der Waals surface area contributed by atoms with E-state index in [0.717, 1.165) is 18.2 Å². The summed E-state index contributed by atoms with van der Waals surface area (Å²) in [6.07, 6.45) is 3.01. The van der Waals surface area contributed by atoms with Crippen molar-refractivity contribution >= 4 is 12.0 Å². The number of rotatable bonds is 8. The molecule has 0 aliphatic heterocycles. The smallest absolute Gasteiger partial charge is 0.349 e. The van der Waals surface area contributed by atoms with Crippen LogP contribution in [0.1, 0.15) is 18.1 Å². The number of nitrogens with zero attached hydrogens (tertiary/aromatic N) is 1. The molecule has 0 heterocycles. The number of hydrogen-bond donors (Lipinski definition) is 0. The molecular weight excluding hydrogens is 338 g/mol. The molecule has 0 amide bonds. The molecule has 7 heteroatoms. The Morgan fingerprint density at radius 2 is 2.00 bits per heavy atom. The van der Waals surface area contributed by atoms with Gasteiger partial charge >= 0.3 is 5.97 Å². The Morgan fingerprint density at radius 3 is 2.69 bits per heavy atom. The summed E-state index contributed by atoms with van der Waals surface area (Å²) in [5, 5.41) is 10.4. The number of methoxy groups -OCH3 is 1. The van der Waals surface area contributed by atoms with Crippen LogP contribution in [-0.2, 0) is 11.2 Å². The third kappa shape index (κ3) is 5.62. The van der Waals surface area contributed by atoms with Crippen molar-refractivity contribution in [2.24, 2.45) is 0 Å². The molecule has 0 aliphatic rings. The molecule has 136 valence electrons. The number of carbonyl (C=O) groups is 1. The molecule has 2 aromatic carbocycles. The number of esters is 1. The van der Waals surface area contributed by atoms with Crippen LogP contribution in [-0.4, -0.2) is 24.6 Å². The zero-order valence-corrected chi connectivity index (χ0v) is 14.5. The van der Waals surface area contributed by atoms with Crippen molar-refractivity contribution in [3.63, 3.8) is 0 Å². The van der Waals surface area contributed by atoms with Gasteiger partial charge in [0, 0.05) is 6.08 Å². The van der Waals surface area contributed by atoms with Crippen LogP contribution in [0.5, 0.6) is 17.2 Å². The molecule has 0 spiro atoms. The number of nitro groups is 1. The highest BCUT2D eigenvalue weighted by molar-refractivity contribution is 5.75. The SMILES string of the molecule is CCc1cccc(OCC(=O)Oc2ccc(/C=C/[N+](=O)[O-])cc2OC)c1. The highest BCUT2D eigenvalue weighted by atomic mass is 16.6. The fourth-order valence-corrected chi connectivity index (χ4v) is 2.17. The summed E-state index contributed by atoms with van der Waals surface area (Å²) in [7, 11) is 1.42. The summed E-state index contributed by atoms with van der Waals surface area (Å²) in [5.74, 6) is 0.505. The van der Waals surface area contributed by atoms with Gasteiger partial charge in [-0.3, -0.25) is 10.1 Å². The maximum atomic E-state index is 12.0. The Kier molecular flexibility index (Phi) is 6.73. The van der Waals surface area contributed by atoms with E-state index in [4.69, 9.17) is 14.2 Å². The molecule has 0 radical (unpaired) electrons. The molecule has 0 saturated carbocycles. The first-order chi connectivity index (χ1) is 12.5. The standard InChI is InChI=1S/C19H19NO6/c1-3-14-5-4-6-16(11-14)25-13-19(21)26-17-8-7-15(9-10-20(22)23)12-18(17)24-2/h4-12H,3,13H2,1-2H3/b10-9+. The minimum Gasteiger partial charge on any atom is -0.493 e. The second-order valence-electron chi connectivity index (χ2n) is 5.28. The maximum Gasteiger partial charge on any atom is 0.349 e. The summed E-state index contributed by atoms with van der Waals surface area (Å²) in [5.41, 5.74) is 1.65. The van der Waals surface area contributed by atoms with Crippen LogP contribution in [0.2, 0.25) is 0 Å². The number of ether oxygens (including phenoxy) is 3. The van der Waals surface area contributed by atoms with E-state index >= 15 is 0 Å². The van der Waals surface area contributed by atoms with E-state index in [0.29, 0.717) is 11.3 Å². The number of aryl methyl sites for hydroxylation is 1. The highest BCUT2D eigenvalue weighted by Gasteiger charge is 2.12. The van der Waals surface area contributed by atoms with Crippen molar-refractivity contribution < 1.29 is 23.9 Å². The van der Waals surface area contributed by atoms with E-state index in [2.05, 4.69) is 0 Å². The van der Waals surface area contributed by atoms with Gasteiger partial charge in [-0.15, -0.1) is 0 Å². The lowest BCUT2D eigenvalue weighted by atomic mass is 10.2. The summed E-state index contributed by atoms with van der Waals surface area (Å²) in [6, 6.07) is 12.1. The van der Waals surface area contributed by atoms with Gasteiger partial charge in [0.2, 0.25) is 6.20 Å². The Balaban J connectivity index is 2.00. The predicted molar refractivity (Wildman–Crippen MR) is 96.0 cm³/mol. The van der Waals surface area contributed by atoms with Gasteiger partial charge in [0.15, 0.2) is 18.1 Å². The molecule has 2 rings (SSSR count). The zero-order chi connectivity index (χ0) is 18.9. The predicted octanol–water partition coefficient (Wildman–Crippen LogP) is 3.49. The molecule has 2 aromatic rings. The molecule has 0 aromatic heterocycles. The van der Waals surface area contributed by atoms with Gasteiger partial charge in [0.25, 0.3) is 0 Å². The number of benzene rings is 2. The van der Waals surface area contributed by atoms with E-state index in [9.17, 15) is 14.9 Å². The lowest BCUT2D eigenvalue weighted by molar-refractivity contribution is -0.400. The van der Waals surface area contributed by atoms with Crippen molar-refractivity contribution in [1.29, 1.82) is 0 Å². The van der Waals surface area contributed by atoms with Crippen LogP contribution < -0.4 is 14.2 Å². The Morgan fingerprint density at radius 1 is 1.19 bits per heavy atom.